The second-order valence-electron chi connectivity index (χ2n) is 3.92. The Bertz CT molecular complexity index is 508. The normalized spacial score (nSPS) is 9.21. The van der Waals surface area contributed by atoms with E-state index in [9.17, 15) is 0 Å². The van der Waals surface area contributed by atoms with Gasteiger partial charge in [0, 0.05) is 19.3 Å². The molecular formula is C14H17N3O2. The molecule has 0 fully saturated rings. The van der Waals surface area contributed by atoms with Crippen molar-refractivity contribution >= 4 is 17.3 Å². The molecule has 0 unspecified atom stereocenters. The first-order valence-corrected chi connectivity index (χ1v) is 5.80. The summed E-state index contributed by atoms with van der Waals surface area (Å²) >= 11 is 0. The highest BCUT2D eigenvalue weighted by atomic mass is 16.4. The Morgan fingerprint density at radius 2 is 1.42 bits per heavy atom. The Morgan fingerprint density at radius 1 is 1.05 bits per heavy atom. The van der Waals surface area contributed by atoms with Gasteiger partial charge in [0.2, 0.25) is 0 Å². The topological polar surface area (TPSA) is 75.1 Å². The van der Waals surface area contributed by atoms with Crippen LogP contribution in [0.15, 0.2) is 36.7 Å². The van der Waals surface area contributed by atoms with Crippen molar-refractivity contribution in [2.75, 3.05) is 5.32 Å². The van der Waals surface area contributed by atoms with Gasteiger partial charge < -0.3 is 10.4 Å². The SMILES string of the molecule is CC(=O)O.Cc1ncccc1Nc1cccnc1C. The number of anilines is 2. The monoisotopic (exact) mass is 259 g/mol. The molecule has 2 rings (SSSR count). The third-order valence-corrected chi connectivity index (χ3v) is 2.28. The highest BCUT2D eigenvalue weighted by Crippen LogP contribution is 2.19. The number of hydrogen-bond donors (Lipinski definition) is 2. The molecule has 0 amide bonds. The summed E-state index contributed by atoms with van der Waals surface area (Å²) < 4.78 is 0. The molecule has 2 N–H and O–H groups in total. The molecule has 0 aliphatic heterocycles. The Kier molecular flexibility index (Phi) is 5.47. The zero-order valence-corrected chi connectivity index (χ0v) is 11.2. The second-order valence-corrected chi connectivity index (χ2v) is 3.92. The first-order valence-electron chi connectivity index (χ1n) is 5.80. The van der Waals surface area contributed by atoms with Gasteiger partial charge in [-0.3, -0.25) is 14.8 Å². The number of rotatable bonds is 2. The maximum absolute atomic E-state index is 9.00. The molecule has 0 bridgehead atoms. The summed E-state index contributed by atoms with van der Waals surface area (Å²) in [6, 6.07) is 7.85. The van der Waals surface area contributed by atoms with Gasteiger partial charge in [-0.15, -0.1) is 0 Å². The van der Waals surface area contributed by atoms with Gasteiger partial charge in [-0.1, -0.05) is 0 Å². The lowest BCUT2D eigenvalue weighted by Crippen LogP contribution is -1.97. The van der Waals surface area contributed by atoms with E-state index in [0.717, 1.165) is 29.7 Å². The lowest BCUT2D eigenvalue weighted by atomic mass is 10.2. The van der Waals surface area contributed by atoms with Gasteiger partial charge in [-0.25, -0.2) is 0 Å². The van der Waals surface area contributed by atoms with Crippen LogP contribution in [0.4, 0.5) is 11.4 Å². The highest BCUT2D eigenvalue weighted by Gasteiger charge is 2.01. The minimum atomic E-state index is -0.833. The summed E-state index contributed by atoms with van der Waals surface area (Å²) in [7, 11) is 0. The molecule has 2 aromatic heterocycles. The standard InChI is InChI=1S/C12H13N3.C2H4O2/c1-9-11(5-3-7-13-9)15-12-6-4-8-14-10(12)2;1-2(3)4/h3-8,15H,1-2H3;1H3,(H,3,4). The van der Waals surface area contributed by atoms with Gasteiger partial charge in [0.15, 0.2) is 0 Å². The van der Waals surface area contributed by atoms with Crippen molar-refractivity contribution in [1.29, 1.82) is 0 Å². The number of carboxylic acid groups (broad SMARTS) is 1. The van der Waals surface area contributed by atoms with Crippen LogP contribution >= 0.6 is 0 Å². The highest BCUT2D eigenvalue weighted by molar-refractivity contribution is 5.63. The van der Waals surface area contributed by atoms with E-state index in [2.05, 4.69) is 15.3 Å². The number of carbonyl (C=O) groups is 1. The van der Waals surface area contributed by atoms with Crippen LogP contribution in [0.2, 0.25) is 0 Å². The molecule has 5 heteroatoms. The second kappa shape index (κ2) is 7.10. The molecule has 0 atom stereocenters. The third kappa shape index (κ3) is 5.16. The number of nitrogens with one attached hydrogen (secondary N) is 1. The molecule has 0 aromatic carbocycles. The molecule has 0 aliphatic rings. The van der Waals surface area contributed by atoms with Crippen molar-refractivity contribution in [3.63, 3.8) is 0 Å². The molecule has 0 spiro atoms. The summed E-state index contributed by atoms with van der Waals surface area (Å²) in [5.41, 5.74) is 4.02. The Labute approximate surface area is 112 Å². The average Bonchev–Trinajstić information content (AvgIpc) is 2.34. The van der Waals surface area contributed by atoms with Crippen molar-refractivity contribution in [3.8, 4) is 0 Å². The molecule has 2 heterocycles. The Balaban J connectivity index is 0.000000399. The van der Waals surface area contributed by atoms with Gasteiger partial charge in [-0.05, 0) is 38.1 Å². The molecule has 0 saturated carbocycles. The fourth-order valence-corrected chi connectivity index (χ4v) is 1.38. The van der Waals surface area contributed by atoms with Crippen molar-refractivity contribution in [1.82, 2.24) is 9.97 Å². The molecule has 19 heavy (non-hydrogen) atoms. The van der Waals surface area contributed by atoms with E-state index < -0.39 is 5.97 Å². The van der Waals surface area contributed by atoms with Gasteiger partial charge in [-0.2, -0.15) is 0 Å². The van der Waals surface area contributed by atoms with Crippen LogP contribution in [0.25, 0.3) is 0 Å². The van der Waals surface area contributed by atoms with Crippen LogP contribution in [0, 0.1) is 13.8 Å². The van der Waals surface area contributed by atoms with E-state index in [-0.39, 0.29) is 0 Å². The predicted molar refractivity (Wildman–Crippen MR) is 74.5 cm³/mol. The van der Waals surface area contributed by atoms with Gasteiger partial charge in [0.05, 0.1) is 22.8 Å². The van der Waals surface area contributed by atoms with E-state index in [1.165, 1.54) is 0 Å². The maximum Gasteiger partial charge on any atom is 0.300 e. The predicted octanol–water partition coefficient (Wildman–Crippen LogP) is 2.93. The Hall–Kier alpha value is -2.43. The molecule has 0 radical (unpaired) electrons. The summed E-state index contributed by atoms with van der Waals surface area (Å²) in [6.07, 6.45) is 3.58. The lowest BCUT2D eigenvalue weighted by molar-refractivity contribution is -0.134. The molecule has 5 nitrogen and oxygen atoms in total. The summed E-state index contributed by atoms with van der Waals surface area (Å²) in [5.74, 6) is -0.833. The number of aryl methyl sites for hydroxylation is 2. The molecule has 0 aliphatic carbocycles. The van der Waals surface area contributed by atoms with Gasteiger partial charge >= 0.3 is 0 Å². The first-order chi connectivity index (χ1) is 9.00. The van der Waals surface area contributed by atoms with Crippen molar-refractivity contribution in [2.24, 2.45) is 0 Å². The number of aliphatic carboxylic acids is 1. The first kappa shape index (κ1) is 14.6. The van der Waals surface area contributed by atoms with Gasteiger partial charge in [0.1, 0.15) is 0 Å². The van der Waals surface area contributed by atoms with Crippen LogP contribution in [0.1, 0.15) is 18.3 Å². The number of carboxylic acids is 1. The number of nitrogens with zero attached hydrogens (tertiary/aromatic N) is 2. The zero-order valence-electron chi connectivity index (χ0n) is 11.2. The van der Waals surface area contributed by atoms with Crippen LogP contribution in [0.5, 0.6) is 0 Å². The minimum Gasteiger partial charge on any atom is -0.481 e. The fraction of sp³-hybridized carbons (Fsp3) is 0.214. The van der Waals surface area contributed by atoms with Gasteiger partial charge in [0.25, 0.3) is 5.97 Å². The maximum atomic E-state index is 9.00. The number of aromatic nitrogens is 2. The quantitative estimate of drug-likeness (QED) is 0.867. The average molecular weight is 259 g/mol. The minimum absolute atomic E-state index is 0.833. The largest absolute Gasteiger partial charge is 0.481 e. The summed E-state index contributed by atoms with van der Waals surface area (Å²) in [4.78, 5) is 17.4. The summed E-state index contributed by atoms with van der Waals surface area (Å²) in [5, 5.41) is 10.7. The van der Waals surface area contributed by atoms with E-state index in [1.807, 2.05) is 38.1 Å². The molecule has 100 valence electrons. The van der Waals surface area contributed by atoms with Crippen LogP contribution in [-0.2, 0) is 4.79 Å². The Morgan fingerprint density at radius 3 is 1.74 bits per heavy atom. The fourth-order valence-electron chi connectivity index (χ4n) is 1.38. The van der Waals surface area contributed by atoms with E-state index in [1.54, 1.807) is 12.4 Å². The van der Waals surface area contributed by atoms with Crippen molar-refractivity contribution in [2.45, 2.75) is 20.8 Å². The van der Waals surface area contributed by atoms with E-state index in [0.29, 0.717) is 0 Å². The zero-order chi connectivity index (χ0) is 14.3. The summed E-state index contributed by atoms with van der Waals surface area (Å²) in [6.45, 7) is 5.04. The molecule has 0 saturated heterocycles. The van der Waals surface area contributed by atoms with Crippen molar-refractivity contribution in [3.05, 3.63) is 48.0 Å². The smallest absolute Gasteiger partial charge is 0.300 e. The van der Waals surface area contributed by atoms with Crippen LogP contribution in [0.3, 0.4) is 0 Å². The third-order valence-electron chi connectivity index (χ3n) is 2.28. The van der Waals surface area contributed by atoms with Crippen molar-refractivity contribution < 1.29 is 9.90 Å². The lowest BCUT2D eigenvalue weighted by Gasteiger charge is -2.09. The number of hydrogen-bond acceptors (Lipinski definition) is 4. The number of pyridine rings is 2. The molecular weight excluding hydrogens is 242 g/mol. The van der Waals surface area contributed by atoms with E-state index in [4.69, 9.17) is 9.90 Å². The molecule has 2 aromatic rings. The van der Waals surface area contributed by atoms with E-state index >= 15 is 0 Å². The van der Waals surface area contributed by atoms with Crippen LogP contribution in [-0.4, -0.2) is 21.0 Å². The van der Waals surface area contributed by atoms with Crippen LogP contribution < -0.4 is 5.32 Å².